The van der Waals surface area contributed by atoms with Crippen molar-refractivity contribution in [2.24, 2.45) is 0 Å². The number of amides is 1. The maximum absolute atomic E-state index is 13.1. The normalized spacial score (nSPS) is 15.9. The van der Waals surface area contributed by atoms with Crippen molar-refractivity contribution >= 4 is 5.91 Å². The number of carbonyl (C=O) groups excluding carboxylic acids is 1. The van der Waals surface area contributed by atoms with Gasteiger partial charge in [-0.15, -0.1) is 0 Å². The van der Waals surface area contributed by atoms with Crippen LogP contribution in [0.5, 0.6) is 0 Å². The number of nitrogens with zero attached hydrogens (tertiary/aromatic N) is 3. The Morgan fingerprint density at radius 3 is 2.80 bits per heavy atom. The minimum atomic E-state index is -0.231. The van der Waals surface area contributed by atoms with Crippen molar-refractivity contribution < 1.29 is 4.79 Å². The molecule has 25 heavy (non-hydrogen) atoms. The number of hydrogen-bond donors (Lipinski definition) is 1. The Labute approximate surface area is 147 Å². The van der Waals surface area contributed by atoms with Crippen LogP contribution in [-0.4, -0.2) is 51.9 Å². The third-order valence-electron chi connectivity index (χ3n) is 4.75. The van der Waals surface area contributed by atoms with Gasteiger partial charge in [0.2, 0.25) is 0 Å². The SMILES string of the molecule is Cc1cc(=O)c(C(=O)N(Cc2cccnc2)C2CCN(C)CC2)c[nH]1. The van der Waals surface area contributed by atoms with E-state index in [0.717, 1.165) is 37.2 Å². The predicted octanol–water partition coefficient (Wildman–Crippen LogP) is 1.81. The number of aromatic nitrogens is 2. The minimum Gasteiger partial charge on any atom is -0.364 e. The van der Waals surface area contributed by atoms with Crippen LogP contribution in [0.4, 0.5) is 0 Å². The molecule has 132 valence electrons. The van der Waals surface area contributed by atoms with E-state index < -0.39 is 0 Å². The number of H-pyrrole nitrogens is 1. The van der Waals surface area contributed by atoms with E-state index in [2.05, 4.69) is 21.9 Å². The van der Waals surface area contributed by atoms with E-state index in [4.69, 9.17) is 0 Å². The van der Waals surface area contributed by atoms with Gasteiger partial charge in [-0.05, 0) is 51.5 Å². The molecule has 2 aromatic heterocycles. The van der Waals surface area contributed by atoms with Crippen molar-refractivity contribution in [3.05, 3.63) is 63.8 Å². The Balaban J connectivity index is 1.89. The number of hydrogen-bond acceptors (Lipinski definition) is 4. The van der Waals surface area contributed by atoms with Crippen LogP contribution >= 0.6 is 0 Å². The molecular formula is C19H24N4O2. The van der Waals surface area contributed by atoms with Gasteiger partial charge >= 0.3 is 0 Å². The summed E-state index contributed by atoms with van der Waals surface area (Å²) < 4.78 is 0. The van der Waals surface area contributed by atoms with Gasteiger partial charge in [-0.2, -0.15) is 0 Å². The van der Waals surface area contributed by atoms with Crippen LogP contribution in [0.15, 0.2) is 41.6 Å². The van der Waals surface area contributed by atoms with E-state index in [0.29, 0.717) is 6.54 Å². The summed E-state index contributed by atoms with van der Waals surface area (Å²) >= 11 is 0. The largest absolute Gasteiger partial charge is 0.364 e. The maximum Gasteiger partial charge on any atom is 0.259 e. The van der Waals surface area contributed by atoms with Gasteiger partial charge in [0.15, 0.2) is 5.43 Å². The highest BCUT2D eigenvalue weighted by Crippen LogP contribution is 2.20. The van der Waals surface area contributed by atoms with Crippen LogP contribution in [0.1, 0.15) is 34.5 Å². The first-order chi connectivity index (χ1) is 12.0. The van der Waals surface area contributed by atoms with E-state index in [9.17, 15) is 9.59 Å². The summed E-state index contributed by atoms with van der Waals surface area (Å²) in [4.78, 5) is 36.6. The number of aromatic amines is 1. The highest BCUT2D eigenvalue weighted by molar-refractivity contribution is 5.94. The number of aryl methyl sites for hydroxylation is 1. The number of likely N-dealkylation sites (tertiary alicyclic amines) is 1. The van der Waals surface area contributed by atoms with Gasteiger partial charge in [0.1, 0.15) is 5.56 Å². The fraction of sp³-hybridized carbons (Fsp3) is 0.421. The zero-order chi connectivity index (χ0) is 17.8. The van der Waals surface area contributed by atoms with Crippen LogP contribution < -0.4 is 5.43 Å². The molecule has 0 atom stereocenters. The molecule has 0 radical (unpaired) electrons. The van der Waals surface area contributed by atoms with E-state index in [1.165, 1.54) is 12.3 Å². The number of carbonyl (C=O) groups is 1. The summed E-state index contributed by atoms with van der Waals surface area (Å²) in [6, 6.07) is 5.43. The highest BCUT2D eigenvalue weighted by Gasteiger charge is 2.29. The molecule has 1 saturated heterocycles. The van der Waals surface area contributed by atoms with Gasteiger partial charge < -0.3 is 14.8 Å². The summed E-state index contributed by atoms with van der Waals surface area (Å²) in [6.45, 7) is 4.17. The summed E-state index contributed by atoms with van der Waals surface area (Å²) in [5, 5.41) is 0. The Kier molecular flexibility index (Phi) is 5.28. The van der Waals surface area contributed by atoms with Crippen molar-refractivity contribution in [1.29, 1.82) is 0 Å². The molecule has 0 bridgehead atoms. The van der Waals surface area contributed by atoms with Crippen molar-refractivity contribution in [3.8, 4) is 0 Å². The molecule has 1 fully saturated rings. The van der Waals surface area contributed by atoms with Crippen molar-refractivity contribution in [2.75, 3.05) is 20.1 Å². The van der Waals surface area contributed by atoms with E-state index in [1.54, 1.807) is 19.3 Å². The summed E-state index contributed by atoms with van der Waals surface area (Å²) in [5.41, 5.74) is 1.69. The van der Waals surface area contributed by atoms with Crippen LogP contribution in [0.3, 0.4) is 0 Å². The molecule has 6 heteroatoms. The van der Waals surface area contributed by atoms with Gasteiger partial charge in [-0.1, -0.05) is 6.07 Å². The monoisotopic (exact) mass is 340 g/mol. The highest BCUT2D eigenvalue weighted by atomic mass is 16.2. The first kappa shape index (κ1) is 17.4. The first-order valence-electron chi connectivity index (χ1n) is 8.62. The third-order valence-corrected chi connectivity index (χ3v) is 4.75. The third kappa shape index (κ3) is 4.14. The Morgan fingerprint density at radius 1 is 1.40 bits per heavy atom. The summed E-state index contributed by atoms with van der Waals surface area (Å²) in [7, 11) is 2.09. The lowest BCUT2D eigenvalue weighted by Gasteiger charge is -2.37. The topological polar surface area (TPSA) is 69.3 Å². The van der Waals surface area contributed by atoms with Crippen LogP contribution in [0, 0.1) is 6.92 Å². The second-order valence-electron chi connectivity index (χ2n) is 6.72. The van der Waals surface area contributed by atoms with Crippen molar-refractivity contribution in [3.63, 3.8) is 0 Å². The Bertz CT molecular complexity index is 780. The molecule has 3 rings (SSSR count). The predicted molar refractivity (Wildman–Crippen MR) is 96.4 cm³/mol. The molecule has 1 aliphatic rings. The van der Waals surface area contributed by atoms with E-state index in [1.807, 2.05) is 17.0 Å². The number of pyridine rings is 2. The fourth-order valence-corrected chi connectivity index (χ4v) is 3.26. The zero-order valence-electron chi connectivity index (χ0n) is 14.7. The zero-order valence-corrected chi connectivity index (χ0v) is 14.7. The van der Waals surface area contributed by atoms with Gasteiger partial charge in [0, 0.05) is 42.9 Å². The molecule has 3 heterocycles. The van der Waals surface area contributed by atoms with Crippen LogP contribution in [0.2, 0.25) is 0 Å². The summed E-state index contributed by atoms with van der Waals surface area (Å²) in [5.74, 6) is -0.209. The molecule has 2 aromatic rings. The number of rotatable bonds is 4. The maximum atomic E-state index is 13.1. The van der Waals surface area contributed by atoms with E-state index in [-0.39, 0.29) is 22.9 Å². The lowest BCUT2D eigenvalue weighted by atomic mass is 10.0. The number of nitrogens with one attached hydrogen (secondary N) is 1. The van der Waals surface area contributed by atoms with Gasteiger partial charge in [0.25, 0.3) is 5.91 Å². The smallest absolute Gasteiger partial charge is 0.259 e. The standard InChI is InChI=1S/C19H24N4O2/c1-14-10-18(24)17(12-21-14)19(25)23(13-15-4-3-7-20-11-15)16-5-8-22(2)9-6-16/h3-4,7,10-12,16H,5-6,8-9,13H2,1-2H3,(H,21,24). The fourth-order valence-electron chi connectivity index (χ4n) is 3.26. The van der Waals surface area contributed by atoms with Crippen molar-refractivity contribution in [2.45, 2.75) is 32.4 Å². The van der Waals surface area contributed by atoms with E-state index >= 15 is 0 Å². The second kappa shape index (κ2) is 7.61. The van der Waals surface area contributed by atoms with Gasteiger partial charge in [0.05, 0.1) is 0 Å². The van der Waals surface area contributed by atoms with Gasteiger partial charge in [-0.25, -0.2) is 0 Å². The minimum absolute atomic E-state index is 0.129. The average Bonchev–Trinajstić information content (AvgIpc) is 2.61. The molecule has 0 aromatic carbocycles. The molecule has 1 N–H and O–H groups in total. The quantitative estimate of drug-likeness (QED) is 0.922. The second-order valence-corrected chi connectivity index (χ2v) is 6.72. The average molecular weight is 340 g/mol. The molecule has 6 nitrogen and oxygen atoms in total. The molecule has 1 aliphatic heterocycles. The summed E-state index contributed by atoms with van der Waals surface area (Å²) in [6.07, 6.45) is 6.84. The Hall–Kier alpha value is -2.47. The molecule has 0 spiro atoms. The molecule has 0 aliphatic carbocycles. The van der Waals surface area contributed by atoms with Gasteiger partial charge in [-0.3, -0.25) is 14.6 Å². The van der Waals surface area contributed by atoms with Crippen LogP contribution in [-0.2, 0) is 6.54 Å². The lowest BCUT2D eigenvalue weighted by molar-refractivity contribution is 0.0567. The lowest BCUT2D eigenvalue weighted by Crippen LogP contribution is -2.47. The molecular weight excluding hydrogens is 316 g/mol. The first-order valence-corrected chi connectivity index (χ1v) is 8.62. The Morgan fingerprint density at radius 2 is 2.16 bits per heavy atom. The van der Waals surface area contributed by atoms with Crippen LogP contribution in [0.25, 0.3) is 0 Å². The molecule has 0 unspecified atom stereocenters. The number of piperidine rings is 1. The molecule has 0 saturated carbocycles. The molecule has 1 amide bonds. The van der Waals surface area contributed by atoms with Crippen molar-refractivity contribution in [1.82, 2.24) is 19.8 Å².